The number of imide groups is 1. The number of carbonyl (C=O) groups excluding carboxylic acids is 3. The Kier molecular flexibility index (Phi) is 5.22. The molecule has 8 nitrogen and oxygen atoms in total. The zero-order chi connectivity index (χ0) is 18.7. The van der Waals surface area contributed by atoms with Crippen LogP contribution in [0.3, 0.4) is 0 Å². The topological polar surface area (TPSA) is 93.2 Å². The van der Waals surface area contributed by atoms with E-state index in [9.17, 15) is 14.4 Å². The minimum absolute atomic E-state index is 0.0198. The van der Waals surface area contributed by atoms with Gasteiger partial charge >= 0.3 is 0 Å². The van der Waals surface area contributed by atoms with Gasteiger partial charge in [-0.2, -0.15) is 0 Å². The minimum atomic E-state index is -0.444. The molecule has 2 heterocycles. The second-order valence-electron chi connectivity index (χ2n) is 6.21. The fraction of sp³-hybridized carbons (Fsp3) is 0.389. The van der Waals surface area contributed by atoms with E-state index in [2.05, 4.69) is 10.2 Å². The Hall–Kier alpha value is -2.87. The van der Waals surface area contributed by atoms with Gasteiger partial charge < -0.3 is 20.2 Å². The summed E-state index contributed by atoms with van der Waals surface area (Å²) in [6.07, 6.45) is 1.25. The van der Waals surface area contributed by atoms with Gasteiger partial charge in [0.2, 0.25) is 5.91 Å². The first kappa shape index (κ1) is 17.9. The maximum absolute atomic E-state index is 12.3. The molecule has 0 saturated carbocycles. The number of benzene rings is 1. The SMILES string of the molecule is CC(=O)N1CCN(c2ccccc2NC2=CC(=O)N(CCO)C2=O)CC1. The molecule has 0 atom stereocenters. The van der Waals surface area contributed by atoms with E-state index in [1.165, 1.54) is 6.08 Å². The first-order chi connectivity index (χ1) is 12.5. The van der Waals surface area contributed by atoms with Crippen LogP contribution in [0.5, 0.6) is 0 Å². The maximum Gasteiger partial charge on any atom is 0.277 e. The predicted molar refractivity (Wildman–Crippen MR) is 96.4 cm³/mol. The van der Waals surface area contributed by atoms with Crippen molar-refractivity contribution in [1.82, 2.24) is 9.80 Å². The Morgan fingerprint density at radius 1 is 1.15 bits per heavy atom. The molecule has 0 spiro atoms. The number of aliphatic hydroxyl groups excluding tert-OH is 1. The van der Waals surface area contributed by atoms with Crippen LogP contribution in [-0.2, 0) is 14.4 Å². The Balaban J connectivity index is 1.75. The second-order valence-corrected chi connectivity index (χ2v) is 6.21. The van der Waals surface area contributed by atoms with Crippen LogP contribution in [0, 0.1) is 0 Å². The van der Waals surface area contributed by atoms with E-state index in [1.807, 2.05) is 24.3 Å². The summed E-state index contributed by atoms with van der Waals surface area (Å²) < 4.78 is 0. The fourth-order valence-corrected chi connectivity index (χ4v) is 3.17. The van der Waals surface area contributed by atoms with Crippen molar-refractivity contribution >= 4 is 29.1 Å². The quantitative estimate of drug-likeness (QED) is 0.721. The van der Waals surface area contributed by atoms with E-state index in [4.69, 9.17) is 5.11 Å². The third kappa shape index (κ3) is 3.55. The number of β-amino-alcohol motifs (C(OH)–C–C–N with tert-alkyl or cyclic N) is 1. The molecule has 1 aromatic carbocycles. The number of anilines is 2. The summed E-state index contributed by atoms with van der Waals surface area (Å²) in [4.78, 5) is 40.7. The van der Waals surface area contributed by atoms with Crippen molar-refractivity contribution in [3.63, 3.8) is 0 Å². The van der Waals surface area contributed by atoms with Crippen molar-refractivity contribution in [2.75, 3.05) is 49.5 Å². The van der Waals surface area contributed by atoms with Gasteiger partial charge in [-0.1, -0.05) is 12.1 Å². The molecule has 0 unspecified atom stereocenters. The molecular weight excluding hydrogens is 336 g/mol. The molecule has 0 radical (unpaired) electrons. The van der Waals surface area contributed by atoms with Crippen molar-refractivity contribution in [1.29, 1.82) is 0 Å². The predicted octanol–water partition coefficient (Wildman–Crippen LogP) is 0.0120. The first-order valence-corrected chi connectivity index (χ1v) is 8.56. The average Bonchev–Trinajstić information content (AvgIpc) is 2.90. The standard InChI is InChI=1S/C18H22N4O4/c1-13(24)20-6-8-21(9-7-20)16-5-3-2-4-14(16)19-15-12-17(25)22(10-11-23)18(15)26/h2-5,12,19,23H,6-11H2,1H3. The number of piperazine rings is 1. The molecule has 2 aliphatic heterocycles. The number of hydrogen-bond donors (Lipinski definition) is 2. The summed E-state index contributed by atoms with van der Waals surface area (Å²) in [6, 6.07) is 7.55. The fourth-order valence-electron chi connectivity index (χ4n) is 3.17. The Morgan fingerprint density at radius 2 is 1.85 bits per heavy atom. The highest BCUT2D eigenvalue weighted by molar-refractivity contribution is 6.17. The van der Waals surface area contributed by atoms with Crippen molar-refractivity contribution in [2.24, 2.45) is 0 Å². The van der Waals surface area contributed by atoms with E-state index >= 15 is 0 Å². The summed E-state index contributed by atoms with van der Waals surface area (Å²) in [5.74, 6) is -0.806. The normalized spacial score (nSPS) is 17.6. The molecular formula is C18H22N4O4. The summed E-state index contributed by atoms with van der Waals surface area (Å²) in [5.41, 5.74) is 1.83. The van der Waals surface area contributed by atoms with Crippen LogP contribution in [-0.4, -0.2) is 72.0 Å². The lowest BCUT2D eigenvalue weighted by Crippen LogP contribution is -2.48. The lowest BCUT2D eigenvalue weighted by molar-refractivity contribution is -0.137. The lowest BCUT2D eigenvalue weighted by Gasteiger charge is -2.36. The molecule has 2 N–H and O–H groups in total. The van der Waals surface area contributed by atoms with Gasteiger partial charge in [0.05, 0.1) is 24.5 Å². The summed E-state index contributed by atoms with van der Waals surface area (Å²) in [6.45, 7) is 3.96. The zero-order valence-corrected chi connectivity index (χ0v) is 14.6. The number of aliphatic hydroxyl groups is 1. The van der Waals surface area contributed by atoms with Gasteiger partial charge in [0.1, 0.15) is 5.70 Å². The second kappa shape index (κ2) is 7.57. The lowest BCUT2D eigenvalue weighted by atomic mass is 10.2. The highest BCUT2D eigenvalue weighted by atomic mass is 16.3. The van der Waals surface area contributed by atoms with Crippen LogP contribution in [0.25, 0.3) is 0 Å². The average molecular weight is 358 g/mol. The molecule has 3 amide bonds. The van der Waals surface area contributed by atoms with Gasteiger partial charge in [0.25, 0.3) is 11.8 Å². The molecule has 1 saturated heterocycles. The maximum atomic E-state index is 12.3. The minimum Gasteiger partial charge on any atom is -0.395 e. The molecule has 1 fully saturated rings. The Bertz CT molecular complexity index is 753. The molecule has 138 valence electrons. The van der Waals surface area contributed by atoms with E-state index in [0.717, 1.165) is 16.3 Å². The largest absolute Gasteiger partial charge is 0.395 e. The Morgan fingerprint density at radius 3 is 2.50 bits per heavy atom. The van der Waals surface area contributed by atoms with Gasteiger partial charge in [-0.05, 0) is 12.1 Å². The Labute approximate surface area is 151 Å². The molecule has 3 rings (SSSR count). The van der Waals surface area contributed by atoms with Gasteiger partial charge in [-0.3, -0.25) is 19.3 Å². The van der Waals surface area contributed by atoms with E-state index in [0.29, 0.717) is 26.2 Å². The van der Waals surface area contributed by atoms with Crippen molar-refractivity contribution in [3.8, 4) is 0 Å². The number of amides is 3. The van der Waals surface area contributed by atoms with E-state index < -0.39 is 11.8 Å². The number of nitrogens with zero attached hydrogens (tertiary/aromatic N) is 3. The van der Waals surface area contributed by atoms with Crippen LogP contribution in [0.4, 0.5) is 11.4 Å². The zero-order valence-electron chi connectivity index (χ0n) is 14.6. The van der Waals surface area contributed by atoms with Crippen molar-refractivity contribution < 1.29 is 19.5 Å². The van der Waals surface area contributed by atoms with Crippen LogP contribution in [0.15, 0.2) is 36.0 Å². The molecule has 0 bridgehead atoms. The molecule has 0 aromatic heterocycles. The number of carbonyl (C=O) groups is 3. The molecule has 2 aliphatic rings. The highest BCUT2D eigenvalue weighted by Crippen LogP contribution is 2.29. The van der Waals surface area contributed by atoms with Gasteiger partial charge in [0, 0.05) is 39.2 Å². The van der Waals surface area contributed by atoms with Crippen LogP contribution in [0.1, 0.15) is 6.92 Å². The summed E-state index contributed by atoms with van der Waals surface area (Å²) in [5, 5.41) is 12.0. The molecule has 26 heavy (non-hydrogen) atoms. The van der Waals surface area contributed by atoms with Crippen LogP contribution < -0.4 is 10.2 Å². The molecule has 8 heteroatoms. The molecule has 0 aliphatic carbocycles. The third-order valence-corrected chi connectivity index (χ3v) is 4.57. The van der Waals surface area contributed by atoms with Gasteiger partial charge in [-0.25, -0.2) is 0 Å². The number of rotatable bonds is 5. The van der Waals surface area contributed by atoms with E-state index in [-0.39, 0.29) is 24.8 Å². The van der Waals surface area contributed by atoms with Crippen LogP contribution >= 0.6 is 0 Å². The van der Waals surface area contributed by atoms with Crippen LogP contribution in [0.2, 0.25) is 0 Å². The summed E-state index contributed by atoms with van der Waals surface area (Å²) in [7, 11) is 0. The first-order valence-electron chi connectivity index (χ1n) is 8.56. The number of hydrogen-bond acceptors (Lipinski definition) is 6. The van der Waals surface area contributed by atoms with Crippen molar-refractivity contribution in [3.05, 3.63) is 36.0 Å². The monoisotopic (exact) mass is 358 g/mol. The smallest absolute Gasteiger partial charge is 0.277 e. The molecule has 1 aromatic rings. The highest BCUT2D eigenvalue weighted by Gasteiger charge is 2.31. The van der Waals surface area contributed by atoms with Crippen molar-refractivity contribution in [2.45, 2.75) is 6.92 Å². The number of nitrogens with one attached hydrogen (secondary N) is 1. The third-order valence-electron chi connectivity index (χ3n) is 4.57. The van der Waals surface area contributed by atoms with Gasteiger partial charge in [-0.15, -0.1) is 0 Å². The summed E-state index contributed by atoms with van der Waals surface area (Å²) >= 11 is 0. The number of para-hydroxylation sites is 2. The van der Waals surface area contributed by atoms with Gasteiger partial charge in [0.15, 0.2) is 0 Å². The van der Waals surface area contributed by atoms with E-state index in [1.54, 1.807) is 11.8 Å².